The predicted octanol–water partition coefficient (Wildman–Crippen LogP) is 6.08. The van der Waals surface area contributed by atoms with Crippen LogP contribution in [-0.4, -0.2) is 75.4 Å². The minimum atomic E-state index is -0.765. The van der Waals surface area contributed by atoms with E-state index in [9.17, 15) is 20.0 Å². The average molecular weight is 661 g/mol. The summed E-state index contributed by atoms with van der Waals surface area (Å²) in [5.74, 6) is -0.565. The van der Waals surface area contributed by atoms with Crippen molar-refractivity contribution >= 4 is 34.3 Å². The van der Waals surface area contributed by atoms with Crippen molar-refractivity contribution in [3.63, 3.8) is 0 Å². The number of hydrogen-bond acceptors (Lipinski definition) is 9. The van der Waals surface area contributed by atoms with Gasteiger partial charge in [-0.2, -0.15) is 5.26 Å². The third-order valence-electron chi connectivity index (χ3n) is 9.37. The first kappa shape index (κ1) is 31.7. The lowest BCUT2D eigenvalue weighted by Gasteiger charge is -2.18. The van der Waals surface area contributed by atoms with Crippen LogP contribution in [0.4, 0.5) is 0 Å². The highest BCUT2D eigenvalue weighted by Crippen LogP contribution is 2.40. The van der Waals surface area contributed by atoms with E-state index in [1.54, 1.807) is 11.3 Å². The van der Waals surface area contributed by atoms with Crippen molar-refractivity contribution in [2.24, 2.45) is 5.92 Å². The van der Waals surface area contributed by atoms with Gasteiger partial charge in [-0.1, -0.05) is 30.3 Å². The molecule has 0 saturated carbocycles. The lowest BCUT2D eigenvalue weighted by atomic mass is 9.91. The van der Waals surface area contributed by atoms with Gasteiger partial charge in [0.15, 0.2) is 5.58 Å². The molecule has 4 heterocycles. The topological polar surface area (TPSA) is 127 Å². The van der Waals surface area contributed by atoms with Gasteiger partial charge in [0, 0.05) is 29.1 Å². The van der Waals surface area contributed by atoms with E-state index in [2.05, 4.69) is 49.1 Å². The first-order valence-electron chi connectivity index (χ1n) is 16.0. The fourth-order valence-corrected chi connectivity index (χ4v) is 8.01. The van der Waals surface area contributed by atoms with E-state index in [-0.39, 0.29) is 11.8 Å². The molecule has 11 heteroatoms. The maximum Gasteiger partial charge on any atom is 0.307 e. The largest absolute Gasteiger partial charge is 0.481 e. The van der Waals surface area contributed by atoms with Gasteiger partial charge >= 0.3 is 5.97 Å². The first-order valence-corrected chi connectivity index (χ1v) is 16.8. The van der Waals surface area contributed by atoms with E-state index in [0.717, 1.165) is 54.5 Å². The number of carboxylic acids is 1. The average Bonchev–Trinajstić information content (AvgIpc) is 3.84. The Kier molecular flexibility index (Phi) is 8.33. The molecule has 0 aliphatic carbocycles. The van der Waals surface area contributed by atoms with E-state index < -0.39 is 5.97 Å². The molecule has 0 unspecified atom stereocenters. The van der Waals surface area contributed by atoms with Crippen LogP contribution in [0.3, 0.4) is 0 Å². The number of rotatable bonds is 8. The summed E-state index contributed by atoms with van der Waals surface area (Å²) in [6.45, 7) is 7.46. The second-order valence-electron chi connectivity index (χ2n) is 13.0. The second kappa shape index (κ2) is 12.6. The minimum Gasteiger partial charge on any atom is -0.481 e. The fraction of sp³-hybridized carbons (Fsp3) is 0.324. The van der Waals surface area contributed by atoms with Crippen molar-refractivity contribution in [3.05, 3.63) is 81.4 Å². The van der Waals surface area contributed by atoms with Crippen LogP contribution >= 0.6 is 11.3 Å². The summed E-state index contributed by atoms with van der Waals surface area (Å²) in [4.78, 5) is 40.9. The highest BCUT2D eigenvalue weighted by atomic mass is 32.1. The van der Waals surface area contributed by atoms with Gasteiger partial charge in [0.2, 0.25) is 11.8 Å². The third-order valence-corrected chi connectivity index (χ3v) is 10.5. The quantitative estimate of drug-likeness (QED) is 0.211. The van der Waals surface area contributed by atoms with Crippen molar-refractivity contribution in [1.82, 2.24) is 24.7 Å². The number of aliphatic carboxylic acids is 1. The zero-order chi connectivity index (χ0) is 33.7. The number of fused-ring (bicyclic) bond motifs is 2. The van der Waals surface area contributed by atoms with Gasteiger partial charge in [-0.3, -0.25) is 14.5 Å². The van der Waals surface area contributed by atoms with E-state index in [1.807, 2.05) is 48.2 Å². The van der Waals surface area contributed by atoms with Gasteiger partial charge in [-0.25, -0.2) is 9.97 Å². The molecule has 0 radical (unpaired) electrons. The SMILES string of the molecule is Cc1c(-c2nc3cc(CN4CC[C@@H](C(=O)O)C4)cc(C#N)c3o2)cccc1-c1cccc(-c2nc3c(s2)CN(C(=O)CN(C)C)C3)c1C. The third kappa shape index (κ3) is 5.87. The number of aromatic nitrogens is 2. The van der Waals surface area contributed by atoms with Gasteiger partial charge in [0.25, 0.3) is 0 Å². The van der Waals surface area contributed by atoms with Crippen LogP contribution < -0.4 is 0 Å². The fourth-order valence-electron chi connectivity index (χ4n) is 6.84. The number of carboxylic acid groups (broad SMARTS) is 1. The van der Waals surface area contributed by atoms with Crippen LogP contribution in [0.2, 0.25) is 0 Å². The smallest absolute Gasteiger partial charge is 0.307 e. The minimum absolute atomic E-state index is 0.112. The summed E-state index contributed by atoms with van der Waals surface area (Å²) in [6.07, 6.45) is 0.624. The number of carbonyl (C=O) groups is 2. The summed E-state index contributed by atoms with van der Waals surface area (Å²) in [7, 11) is 3.80. The van der Waals surface area contributed by atoms with Crippen molar-refractivity contribution in [2.45, 2.75) is 39.9 Å². The van der Waals surface area contributed by atoms with Crippen molar-refractivity contribution in [3.8, 4) is 39.2 Å². The Morgan fingerprint density at radius 1 is 1.04 bits per heavy atom. The van der Waals surface area contributed by atoms with Crippen molar-refractivity contribution in [1.29, 1.82) is 5.26 Å². The molecule has 48 heavy (non-hydrogen) atoms. The number of oxazole rings is 1. The Hall–Kier alpha value is -4.89. The van der Waals surface area contributed by atoms with Gasteiger partial charge in [-0.05, 0) is 86.9 Å². The Labute approximate surface area is 282 Å². The highest BCUT2D eigenvalue weighted by molar-refractivity contribution is 7.15. The Morgan fingerprint density at radius 3 is 2.42 bits per heavy atom. The van der Waals surface area contributed by atoms with Gasteiger partial charge in [-0.15, -0.1) is 11.3 Å². The van der Waals surface area contributed by atoms with Crippen molar-refractivity contribution in [2.75, 3.05) is 33.7 Å². The predicted molar refractivity (Wildman–Crippen MR) is 184 cm³/mol. The van der Waals surface area contributed by atoms with E-state index >= 15 is 0 Å². The van der Waals surface area contributed by atoms with Gasteiger partial charge < -0.3 is 19.3 Å². The molecule has 1 N–H and O–H groups in total. The van der Waals surface area contributed by atoms with Gasteiger partial charge in [0.05, 0.1) is 36.8 Å². The summed E-state index contributed by atoms with van der Waals surface area (Å²) < 4.78 is 6.26. The van der Waals surface area contributed by atoms with Crippen LogP contribution in [0, 0.1) is 31.1 Å². The summed E-state index contributed by atoms with van der Waals surface area (Å²) in [5.41, 5.74) is 9.54. The zero-order valence-corrected chi connectivity index (χ0v) is 28.2. The Bertz CT molecular complexity index is 2100. The first-order chi connectivity index (χ1) is 23.1. The molecule has 0 bridgehead atoms. The molecule has 10 nitrogen and oxygen atoms in total. The molecule has 2 aliphatic heterocycles. The van der Waals surface area contributed by atoms with Crippen LogP contribution in [0.1, 0.15) is 39.2 Å². The van der Waals surface area contributed by atoms with Crippen LogP contribution in [0.5, 0.6) is 0 Å². The number of nitrogens with zero attached hydrogens (tertiary/aromatic N) is 6. The molecular weight excluding hydrogens is 625 g/mol. The molecule has 1 fully saturated rings. The van der Waals surface area contributed by atoms with Crippen LogP contribution in [-0.2, 0) is 29.2 Å². The monoisotopic (exact) mass is 660 g/mol. The highest BCUT2D eigenvalue weighted by Gasteiger charge is 2.29. The molecule has 5 aromatic rings. The van der Waals surface area contributed by atoms with Gasteiger partial charge in [0.1, 0.15) is 16.6 Å². The molecule has 2 aromatic heterocycles. The van der Waals surface area contributed by atoms with E-state index in [0.29, 0.717) is 68.2 Å². The van der Waals surface area contributed by atoms with Crippen LogP contribution in [0.25, 0.3) is 44.3 Å². The number of thiazole rings is 1. The number of nitriles is 1. The molecule has 1 saturated heterocycles. The molecule has 1 amide bonds. The summed E-state index contributed by atoms with van der Waals surface area (Å²) >= 11 is 1.66. The number of amides is 1. The number of hydrogen-bond donors (Lipinski definition) is 1. The molecule has 2 aliphatic rings. The normalized spacial score (nSPS) is 16.2. The number of likely N-dealkylation sites (N-methyl/N-ethyl adjacent to an activating group) is 1. The number of benzene rings is 3. The standard InChI is InChI=1S/C37H36N6O4S/c1-21-26(27-8-6-10-29(22(27)2)36-40-31-18-43(19-32(31)48-36)33(44)20-41(3)4)7-5-9-28(21)35-39-30-14-23(13-25(15-38)34(30)47-35)16-42-12-11-24(17-42)37(45)46/h5-10,13-14,24H,11-12,16-20H2,1-4H3,(H,45,46)/t24-/m1/s1. The lowest BCUT2D eigenvalue weighted by molar-refractivity contribution is -0.141. The number of carbonyl (C=O) groups excluding carboxylic acids is 1. The Morgan fingerprint density at radius 2 is 1.75 bits per heavy atom. The lowest BCUT2D eigenvalue weighted by Crippen LogP contribution is -2.34. The van der Waals surface area contributed by atoms with E-state index in [4.69, 9.17) is 14.4 Å². The molecule has 1 atom stereocenters. The van der Waals surface area contributed by atoms with E-state index in [1.165, 1.54) is 0 Å². The zero-order valence-electron chi connectivity index (χ0n) is 27.4. The second-order valence-corrected chi connectivity index (χ2v) is 14.1. The van der Waals surface area contributed by atoms with Crippen LogP contribution in [0.15, 0.2) is 52.9 Å². The molecule has 3 aromatic carbocycles. The molecular formula is C37H36N6O4S. The van der Waals surface area contributed by atoms with Crippen molar-refractivity contribution < 1.29 is 19.1 Å². The number of likely N-dealkylation sites (tertiary alicyclic amines) is 1. The molecule has 244 valence electrons. The molecule has 7 rings (SSSR count). The molecule has 0 spiro atoms. The summed E-state index contributed by atoms with van der Waals surface area (Å²) in [6, 6.07) is 18.4. The maximum atomic E-state index is 12.6. The summed E-state index contributed by atoms with van der Waals surface area (Å²) in [5, 5.41) is 20.3. The Balaban J connectivity index is 1.17. The maximum absolute atomic E-state index is 12.6.